The smallest absolute Gasteiger partial charge is 0.337 e. The summed E-state index contributed by atoms with van der Waals surface area (Å²) >= 11 is 0. The number of rotatable bonds is 13. The molecular weight excluding hydrogens is 404 g/mol. The number of esters is 1. The van der Waals surface area contributed by atoms with Crippen molar-refractivity contribution >= 4 is 5.97 Å². The fourth-order valence-electron chi connectivity index (χ4n) is 3.82. The minimum Gasteiger partial charge on any atom is -0.494 e. The average molecular weight is 441 g/mol. The van der Waals surface area contributed by atoms with Gasteiger partial charge in [-0.2, -0.15) is 0 Å². The summed E-state index contributed by atoms with van der Waals surface area (Å²) in [4.78, 5) is 11.5. The third-order valence-corrected chi connectivity index (χ3v) is 5.74. The fourth-order valence-corrected chi connectivity index (χ4v) is 3.82. The fraction of sp³-hybridized carbons (Fsp3) is 0.519. The van der Waals surface area contributed by atoms with E-state index in [0.717, 1.165) is 56.0 Å². The van der Waals surface area contributed by atoms with Crippen LogP contribution < -0.4 is 4.74 Å². The van der Waals surface area contributed by atoms with Crippen molar-refractivity contribution in [3.05, 3.63) is 54.1 Å². The van der Waals surface area contributed by atoms with Crippen LogP contribution in [0.3, 0.4) is 0 Å². The first-order chi connectivity index (χ1) is 15.8. The molecule has 1 atom stereocenters. The van der Waals surface area contributed by atoms with Crippen LogP contribution in [0.2, 0.25) is 0 Å². The monoisotopic (exact) mass is 440 g/mol. The number of benzene rings is 2. The molecule has 2 aromatic rings. The van der Waals surface area contributed by atoms with Gasteiger partial charge in [-0.05, 0) is 67.5 Å². The number of unbranched alkanes of at least 4 members (excludes halogenated alkanes) is 5. The van der Waals surface area contributed by atoms with Gasteiger partial charge in [-0.1, -0.05) is 49.9 Å². The van der Waals surface area contributed by atoms with E-state index in [1.165, 1.54) is 45.6 Å². The minimum atomic E-state index is -0.320. The minimum absolute atomic E-state index is 0.0436. The Kier molecular flexibility index (Phi) is 10.6. The van der Waals surface area contributed by atoms with Gasteiger partial charge in [0.25, 0.3) is 0 Å². The van der Waals surface area contributed by atoms with E-state index in [1.807, 2.05) is 36.4 Å². The van der Waals surface area contributed by atoms with Crippen LogP contribution in [-0.4, -0.2) is 39.2 Å². The van der Waals surface area contributed by atoms with Gasteiger partial charge in [-0.15, -0.1) is 0 Å². The molecule has 1 aliphatic rings. The SMILES string of the molecule is COC(=O)c1ccc(-c2ccc(OCCCCCCCCOC3CCCCO3)cc2)cc1. The zero-order chi connectivity index (χ0) is 22.4. The highest BCUT2D eigenvalue weighted by molar-refractivity contribution is 5.89. The van der Waals surface area contributed by atoms with Gasteiger partial charge < -0.3 is 18.9 Å². The molecule has 0 saturated carbocycles. The van der Waals surface area contributed by atoms with Gasteiger partial charge in [0.05, 0.1) is 19.3 Å². The van der Waals surface area contributed by atoms with Gasteiger partial charge in [0.2, 0.25) is 0 Å². The summed E-state index contributed by atoms with van der Waals surface area (Å²) < 4.78 is 22.0. The molecule has 2 aromatic carbocycles. The highest BCUT2D eigenvalue weighted by atomic mass is 16.7. The Morgan fingerprint density at radius 2 is 1.47 bits per heavy atom. The van der Waals surface area contributed by atoms with Crippen molar-refractivity contribution < 1.29 is 23.7 Å². The molecule has 1 unspecified atom stereocenters. The topological polar surface area (TPSA) is 54.0 Å². The van der Waals surface area contributed by atoms with E-state index in [1.54, 1.807) is 12.1 Å². The van der Waals surface area contributed by atoms with Crippen LogP contribution in [0, 0.1) is 0 Å². The van der Waals surface area contributed by atoms with E-state index >= 15 is 0 Å². The number of hydrogen-bond donors (Lipinski definition) is 0. The summed E-state index contributed by atoms with van der Waals surface area (Å²) in [5.41, 5.74) is 2.70. The highest BCUT2D eigenvalue weighted by Crippen LogP contribution is 2.23. The molecule has 5 heteroatoms. The van der Waals surface area contributed by atoms with Gasteiger partial charge in [-0.3, -0.25) is 0 Å². The molecular formula is C27H36O5. The maximum absolute atomic E-state index is 11.5. The molecule has 0 spiro atoms. The highest BCUT2D eigenvalue weighted by Gasteiger charge is 2.13. The molecule has 3 rings (SSSR count). The molecule has 0 aliphatic carbocycles. The van der Waals surface area contributed by atoms with E-state index in [4.69, 9.17) is 18.9 Å². The molecule has 1 aliphatic heterocycles. The number of carbonyl (C=O) groups is 1. The van der Waals surface area contributed by atoms with Crippen LogP contribution in [0.25, 0.3) is 11.1 Å². The Morgan fingerprint density at radius 3 is 2.09 bits per heavy atom. The van der Waals surface area contributed by atoms with Crippen molar-refractivity contribution in [1.29, 1.82) is 0 Å². The van der Waals surface area contributed by atoms with Crippen LogP contribution in [0.1, 0.15) is 68.1 Å². The van der Waals surface area contributed by atoms with Gasteiger partial charge in [0.1, 0.15) is 5.75 Å². The van der Waals surface area contributed by atoms with Crippen molar-refractivity contribution in [3.63, 3.8) is 0 Å². The van der Waals surface area contributed by atoms with Crippen LogP contribution in [0.15, 0.2) is 48.5 Å². The van der Waals surface area contributed by atoms with Crippen LogP contribution in [0.4, 0.5) is 0 Å². The largest absolute Gasteiger partial charge is 0.494 e. The third kappa shape index (κ3) is 8.29. The normalized spacial score (nSPS) is 16.0. The predicted molar refractivity (Wildman–Crippen MR) is 126 cm³/mol. The van der Waals surface area contributed by atoms with E-state index in [0.29, 0.717) is 5.56 Å². The zero-order valence-corrected chi connectivity index (χ0v) is 19.2. The molecule has 5 nitrogen and oxygen atoms in total. The lowest BCUT2D eigenvalue weighted by molar-refractivity contribution is -0.162. The molecule has 32 heavy (non-hydrogen) atoms. The summed E-state index contributed by atoms with van der Waals surface area (Å²) in [7, 11) is 1.39. The molecule has 1 fully saturated rings. The average Bonchev–Trinajstić information content (AvgIpc) is 2.86. The molecule has 0 aromatic heterocycles. The van der Waals surface area contributed by atoms with Crippen LogP contribution in [-0.2, 0) is 14.2 Å². The summed E-state index contributed by atoms with van der Waals surface area (Å²) in [5.74, 6) is 0.570. The zero-order valence-electron chi connectivity index (χ0n) is 19.2. The first-order valence-electron chi connectivity index (χ1n) is 11.9. The lowest BCUT2D eigenvalue weighted by atomic mass is 10.0. The quantitative estimate of drug-likeness (QED) is 0.266. The summed E-state index contributed by atoms with van der Waals surface area (Å²) in [6, 6.07) is 15.5. The Hall–Kier alpha value is -2.37. The van der Waals surface area contributed by atoms with E-state index in [-0.39, 0.29) is 12.3 Å². The Labute approximate surface area is 192 Å². The first-order valence-corrected chi connectivity index (χ1v) is 11.9. The molecule has 0 bridgehead atoms. The van der Waals surface area contributed by atoms with Crippen molar-refractivity contribution in [2.75, 3.05) is 26.9 Å². The van der Waals surface area contributed by atoms with Gasteiger partial charge in [-0.25, -0.2) is 4.79 Å². The van der Waals surface area contributed by atoms with Crippen LogP contribution >= 0.6 is 0 Å². The van der Waals surface area contributed by atoms with Crippen molar-refractivity contribution in [1.82, 2.24) is 0 Å². The second kappa shape index (κ2) is 13.9. The van der Waals surface area contributed by atoms with E-state index in [9.17, 15) is 4.79 Å². The Bertz CT molecular complexity index is 779. The second-order valence-electron chi connectivity index (χ2n) is 8.23. The molecule has 1 heterocycles. The Morgan fingerprint density at radius 1 is 0.844 bits per heavy atom. The third-order valence-electron chi connectivity index (χ3n) is 5.74. The lowest BCUT2D eigenvalue weighted by Gasteiger charge is -2.22. The van der Waals surface area contributed by atoms with E-state index in [2.05, 4.69) is 0 Å². The molecule has 1 saturated heterocycles. The number of carbonyl (C=O) groups excluding carboxylic acids is 1. The summed E-state index contributed by atoms with van der Waals surface area (Å²) in [6.07, 6.45) is 10.6. The van der Waals surface area contributed by atoms with Crippen molar-refractivity contribution in [2.45, 2.75) is 64.1 Å². The summed E-state index contributed by atoms with van der Waals surface area (Å²) in [5, 5.41) is 0. The van der Waals surface area contributed by atoms with Crippen molar-refractivity contribution in [3.8, 4) is 16.9 Å². The van der Waals surface area contributed by atoms with Gasteiger partial charge >= 0.3 is 5.97 Å². The Balaban J connectivity index is 1.23. The molecule has 0 amide bonds. The maximum Gasteiger partial charge on any atom is 0.337 e. The maximum atomic E-state index is 11.5. The lowest BCUT2D eigenvalue weighted by Crippen LogP contribution is -2.22. The van der Waals surface area contributed by atoms with E-state index < -0.39 is 0 Å². The second-order valence-corrected chi connectivity index (χ2v) is 8.23. The molecule has 0 N–H and O–H groups in total. The molecule has 0 radical (unpaired) electrons. The number of hydrogen-bond acceptors (Lipinski definition) is 5. The van der Waals surface area contributed by atoms with Crippen molar-refractivity contribution in [2.24, 2.45) is 0 Å². The van der Waals surface area contributed by atoms with Gasteiger partial charge in [0.15, 0.2) is 6.29 Å². The van der Waals surface area contributed by atoms with Crippen LogP contribution in [0.5, 0.6) is 5.75 Å². The first kappa shape index (κ1) is 24.3. The summed E-state index contributed by atoms with van der Waals surface area (Å²) in [6.45, 7) is 2.41. The van der Waals surface area contributed by atoms with Gasteiger partial charge in [0, 0.05) is 13.2 Å². The standard InChI is InChI=1S/C27H36O5/c1-29-27(28)24-13-11-22(12-14-24)23-15-17-25(18-16-23)30-19-7-4-2-3-5-8-20-31-26-10-6-9-21-32-26/h11-18,26H,2-10,19-21H2,1H3. The predicted octanol–water partition coefficient (Wildman–Crippen LogP) is 6.40. The number of methoxy groups -OCH3 is 1. The molecule has 174 valence electrons. The number of ether oxygens (including phenoxy) is 4.